The molecule has 1 unspecified atom stereocenters. The Labute approximate surface area is 112 Å². The van der Waals surface area contributed by atoms with Gasteiger partial charge in [0.05, 0.1) is 11.4 Å². The molecule has 0 spiro atoms. The first kappa shape index (κ1) is 16.0. The standard InChI is InChI=1S/C13H22F3N3/c1-4-10-9-12(19(6-3)18-10)11(17-5-2)7-8-13(14,15)16/h9,11,17H,4-8H2,1-3H3. The maximum atomic E-state index is 12.4. The summed E-state index contributed by atoms with van der Waals surface area (Å²) < 4.78 is 38.9. The lowest BCUT2D eigenvalue weighted by Crippen LogP contribution is -2.25. The van der Waals surface area contributed by atoms with Gasteiger partial charge in [-0.1, -0.05) is 13.8 Å². The molecule has 19 heavy (non-hydrogen) atoms. The average molecular weight is 277 g/mol. The Bertz CT molecular complexity index is 385. The molecule has 0 aliphatic rings. The summed E-state index contributed by atoms with van der Waals surface area (Å²) in [4.78, 5) is 0. The van der Waals surface area contributed by atoms with Crippen molar-refractivity contribution < 1.29 is 13.2 Å². The topological polar surface area (TPSA) is 29.9 Å². The van der Waals surface area contributed by atoms with Crippen molar-refractivity contribution in [3.63, 3.8) is 0 Å². The van der Waals surface area contributed by atoms with Crippen molar-refractivity contribution >= 4 is 0 Å². The van der Waals surface area contributed by atoms with Gasteiger partial charge in [-0.2, -0.15) is 18.3 Å². The molecule has 0 bridgehead atoms. The van der Waals surface area contributed by atoms with Crippen LogP contribution < -0.4 is 5.32 Å². The van der Waals surface area contributed by atoms with Gasteiger partial charge < -0.3 is 5.32 Å². The predicted octanol–water partition coefficient (Wildman–Crippen LogP) is 3.46. The highest BCUT2D eigenvalue weighted by Crippen LogP contribution is 2.28. The van der Waals surface area contributed by atoms with E-state index in [1.165, 1.54) is 0 Å². The van der Waals surface area contributed by atoms with Crippen molar-refractivity contribution in [2.75, 3.05) is 6.54 Å². The maximum absolute atomic E-state index is 12.4. The number of rotatable bonds is 7. The molecule has 110 valence electrons. The van der Waals surface area contributed by atoms with Gasteiger partial charge in [-0.3, -0.25) is 4.68 Å². The first-order valence-corrected chi connectivity index (χ1v) is 6.78. The van der Waals surface area contributed by atoms with Crippen LogP contribution in [0.4, 0.5) is 13.2 Å². The molecule has 1 N–H and O–H groups in total. The summed E-state index contributed by atoms with van der Waals surface area (Å²) in [7, 11) is 0. The molecule has 1 heterocycles. The zero-order valence-corrected chi connectivity index (χ0v) is 11.7. The van der Waals surface area contributed by atoms with Crippen LogP contribution in [0, 0.1) is 0 Å². The third kappa shape index (κ3) is 4.86. The summed E-state index contributed by atoms with van der Waals surface area (Å²) >= 11 is 0. The van der Waals surface area contributed by atoms with E-state index in [-0.39, 0.29) is 12.5 Å². The molecule has 0 aromatic carbocycles. The number of aryl methyl sites for hydroxylation is 2. The molecule has 0 saturated carbocycles. The third-order valence-electron chi connectivity index (χ3n) is 3.05. The zero-order chi connectivity index (χ0) is 14.5. The smallest absolute Gasteiger partial charge is 0.309 e. The lowest BCUT2D eigenvalue weighted by atomic mass is 10.1. The second-order valence-corrected chi connectivity index (χ2v) is 4.49. The van der Waals surface area contributed by atoms with Crippen LogP contribution >= 0.6 is 0 Å². The highest BCUT2D eigenvalue weighted by Gasteiger charge is 2.29. The third-order valence-corrected chi connectivity index (χ3v) is 3.05. The minimum Gasteiger partial charge on any atom is -0.309 e. The first-order chi connectivity index (χ1) is 8.91. The molecule has 0 saturated heterocycles. The van der Waals surface area contributed by atoms with E-state index in [4.69, 9.17) is 0 Å². The molecule has 1 rings (SSSR count). The number of nitrogens with one attached hydrogen (secondary N) is 1. The summed E-state index contributed by atoms with van der Waals surface area (Å²) in [6, 6.07) is 1.62. The number of halogens is 3. The van der Waals surface area contributed by atoms with Crippen LogP contribution in [0.3, 0.4) is 0 Å². The van der Waals surface area contributed by atoms with E-state index in [1.54, 1.807) is 4.68 Å². The van der Waals surface area contributed by atoms with Gasteiger partial charge in [0.15, 0.2) is 0 Å². The van der Waals surface area contributed by atoms with Gasteiger partial charge in [0.25, 0.3) is 0 Å². The Kier molecular flexibility index (Phi) is 5.85. The molecule has 0 aliphatic heterocycles. The van der Waals surface area contributed by atoms with E-state index in [2.05, 4.69) is 10.4 Å². The van der Waals surface area contributed by atoms with Crippen LogP contribution in [0.1, 0.15) is 51.0 Å². The normalized spacial score (nSPS) is 13.8. The summed E-state index contributed by atoms with van der Waals surface area (Å²) in [6.07, 6.45) is -4.05. The SMILES string of the molecule is CCNC(CCC(F)(F)F)c1cc(CC)nn1CC. The van der Waals surface area contributed by atoms with Gasteiger partial charge in [-0.25, -0.2) is 0 Å². The van der Waals surface area contributed by atoms with Gasteiger partial charge in [-0.15, -0.1) is 0 Å². The van der Waals surface area contributed by atoms with Crippen LogP contribution in [-0.2, 0) is 13.0 Å². The Balaban J connectivity index is 2.88. The molecule has 0 radical (unpaired) electrons. The lowest BCUT2D eigenvalue weighted by molar-refractivity contribution is -0.136. The molecular formula is C13H22F3N3. The van der Waals surface area contributed by atoms with E-state index in [0.29, 0.717) is 13.1 Å². The summed E-state index contributed by atoms with van der Waals surface area (Å²) in [5.41, 5.74) is 1.78. The Morgan fingerprint density at radius 3 is 2.47 bits per heavy atom. The first-order valence-electron chi connectivity index (χ1n) is 6.78. The minimum atomic E-state index is -4.11. The molecular weight excluding hydrogens is 255 g/mol. The molecule has 1 aromatic heterocycles. The van der Waals surface area contributed by atoms with Crippen LogP contribution in [0.15, 0.2) is 6.07 Å². The van der Waals surface area contributed by atoms with Crippen molar-refractivity contribution in [2.45, 2.75) is 58.8 Å². The Morgan fingerprint density at radius 1 is 1.32 bits per heavy atom. The van der Waals surface area contributed by atoms with Crippen LogP contribution in [0.2, 0.25) is 0 Å². The van der Waals surface area contributed by atoms with E-state index in [0.717, 1.165) is 17.8 Å². The fourth-order valence-corrected chi connectivity index (χ4v) is 2.10. The molecule has 0 fully saturated rings. The van der Waals surface area contributed by atoms with Crippen molar-refractivity contribution in [1.82, 2.24) is 15.1 Å². The molecule has 0 aliphatic carbocycles. The summed E-state index contributed by atoms with van der Waals surface area (Å²) in [6.45, 7) is 7.14. The highest BCUT2D eigenvalue weighted by molar-refractivity contribution is 5.14. The summed E-state index contributed by atoms with van der Waals surface area (Å²) in [5, 5.41) is 7.51. The number of alkyl halides is 3. The lowest BCUT2D eigenvalue weighted by Gasteiger charge is -2.19. The largest absolute Gasteiger partial charge is 0.389 e. The zero-order valence-electron chi connectivity index (χ0n) is 11.7. The van der Waals surface area contributed by atoms with Crippen LogP contribution in [0.5, 0.6) is 0 Å². The molecule has 0 amide bonds. The van der Waals surface area contributed by atoms with Gasteiger partial charge in [0.1, 0.15) is 0 Å². The quantitative estimate of drug-likeness (QED) is 0.827. The fraction of sp³-hybridized carbons (Fsp3) is 0.769. The van der Waals surface area contributed by atoms with E-state index in [9.17, 15) is 13.2 Å². The average Bonchev–Trinajstić information content (AvgIpc) is 2.76. The maximum Gasteiger partial charge on any atom is 0.389 e. The molecule has 3 nitrogen and oxygen atoms in total. The van der Waals surface area contributed by atoms with Gasteiger partial charge in [0.2, 0.25) is 0 Å². The fourth-order valence-electron chi connectivity index (χ4n) is 2.10. The van der Waals surface area contributed by atoms with Crippen molar-refractivity contribution in [3.05, 3.63) is 17.5 Å². The molecule has 1 atom stereocenters. The van der Waals surface area contributed by atoms with Crippen LogP contribution in [-0.4, -0.2) is 22.5 Å². The number of nitrogens with zero attached hydrogens (tertiary/aromatic N) is 2. The van der Waals surface area contributed by atoms with E-state index >= 15 is 0 Å². The Hall–Kier alpha value is -1.04. The van der Waals surface area contributed by atoms with Gasteiger partial charge in [0, 0.05) is 19.0 Å². The molecule has 6 heteroatoms. The highest BCUT2D eigenvalue weighted by atomic mass is 19.4. The van der Waals surface area contributed by atoms with Crippen LogP contribution in [0.25, 0.3) is 0 Å². The Morgan fingerprint density at radius 2 is 2.00 bits per heavy atom. The van der Waals surface area contributed by atoms with E-state index in [1.807, 2.05) is 26.8 Å². The van der Waals surface area contributed by atoms with Crippen molar-refractivity contribution in [1.29, 1.82) is 0 Å². The number of hydrogen-bond acceptors (Lipinski definition) is 2. The van der Waals surface area contributed by atoms with Gasteiger partial charge in [-0.05, 0) is 32.4 Å². The number of hydrogen-bond donors (Lipinski definition) is 1. The molecule has 1 aromatic rings. The second-order valence-electron chi connectivity index (χ2n) is 4.49. The van der Waals surface area contributed by atoms with Gasteiger partial charge >= 0.3 is 6.18 Å². The minimum absolute atomic E-state index is 0.0478. The summed E-state index contributed by atoms with van der Waals surface area (Å²) in [5.74, 6) is 0. The second kappa shape index (κ2) is 6.93. The van der Waals surface area contributed by atoms with Crippen molar-refractivity contribution in [2.24, 2.45) is 0 Å². The van der Waals surface area contributed by atoms with Crippen molar-refractivity contribution in [3.8, 4) is 0 Å². The predicted molar refractivity (Wildman–Crippen MR) is 69.0 cm³/mol. The number of aromatic nitrogens is 2. The monoisotopic (exact) mass is 277 g/mol. The van der Waals surface area contributed by atoms with E-state index < -0.39 is 12.6 Å².